The third kappa shape index (κ3) is 4.96. The molecule has 1 heterocycles. The monoisotopic (exact) mass is 458 g/mol. The van der Waals surface area contributed by atoms with E-state index < -0.39 is 5.82 Å². The van der Waals surface area contributed by atoms with Crippen LogP contribution in [0.2, 0.25) is 5.02 Å². The highest BCUT2D eigenvalue weighted by molar-refractivity contribution is 8.18. The number of para-hydroxylation sites is 1. The molecule has 7 heteroatoms. The quantitative estimate of drug-likeness (QED) is 0.462. The van der Waals surface area contributed by atoms with E-state index in [2.05, 4.69) is 4.99 Å². The highest BCUT2D eigenvalue weighted by Crippen LogP contribution is 2.40. The summed E-state index contributed by atoms with van der Waals surface area (Å²) < 4.78 is 20.0. The van der Waals surface area contributed by atoms with Crippen molar-refractivity contribution in [1.82, 2.24) is 4.90 Å². The van der Waals surface area contributed by atoms with Crippen molar-refractivity contribution in [3.8, 4) is 5.75 Å². The van der Waals surface area contributed by atoms with Crippen molar-refractivity contribution in [2.45, 2.75) is 45.1 Å². The molecule has 2 fully saturated rings. The Hall–Kier alpha value is -2.31. The molecule has 0 bridgehead atoms. The Morgan fingerprint density at radius 1 is 1.23 bits per heavy atom. The first-order valence-corrected chi connectivity index (χ1v) is 11.7. The number of rotatable bonds is 5. The van der Waals surface area contributed by atoms with Gasteiger partial charge < -0.3 is 4.74 Å². The summed E-state index contributed by atoms with van der Waals surface area (Å²) in [5.41, 5.74) is 0.971. The van der Waals surface area contributed by atoms with Gasteiger partial charge in [-0.25, -0.2) is 9.38 Å². The molecule has 1 amide bonds. The number of carbonyl (C=O) groups is 1. The number of benzene rings is 2. The second kappa shape index (κ2) is 9.88. The lowest BCUT2D eigenvalue weighted by Gasteiger charge is -2.30. The zero-order valence-corrected chi connectivity index (χ0v) is 18.9. The fourth-order valence-electron chi connectivity index (χ4n) is 3.93. The molecular formula is C24H24ClFN2O2S. The Labute approximate surface area is 191 Å². The van der Waals surface area contributed by atoms with E-state index >= 15 is 0 Å². The summed E-state index contributed by atoms with van der Waals surface area (Å²) in [6, 6.07) is 11.8. The molecule has 4 rings (SSSR count). The van der Waals surface area contributed by atoms with Gasteiger partial charge in [0.2, 0.25) is 0 Å². The Morgan fingerprint density at radius 3 is 2.74 bits per heavy atom. The van der Waals surface area contributed by atoms with Crippen molar-refractivity contribution in [2.75, 3.05) is 6.61 Å². The summed E-state index contributed by atoms with van der Waals surface area (Å²) in [4.78, 5) is 20.3. The molecule has 1 saturated carbocycles. The largest absolute Gasteiger partial charge is 0.493 e. The first-order valence-electron chi connectivity index (χ1n) is 10.6. The van der Waals surface area contributed by atoms with E-state index in [1.165, 1.54) is 24.2 Å². The minimum absolute atomic E-state index is 0.0795. The van der Waals surface area contributed by atoms with Crippen LogP contribution in [-0.4, -0.2) is 28.6 Å². The second-order valence-corrected chi connectivity index (χ2v) is 8.98. The lowest BCUT2D eigenvalue weighted by atomic mass is 9.94. The number of thioether (sulfide) groups is 1. The molecule has 31 heavy (non-hydrogen) atoms. The standard InChI is InChI=1S/C24H24ClFN2O2S/c1-2-30-21-13-12-17(25)14-16(21)15-22-23(29)28(18-8-4-3-5-9-18)24(31-22)27-20-11-7-6-10-19(20)26/h6-7,10-15,18H,2-5,8-9H2,1H3/b22-15-,27-24?. The van der Waals surface area contributed by atoms with E-state index in [4.69, 9.17) is 16.3 Å². The average molecular weight is 459 g/mol. The minimum Gasteiger partial charge on any atom is -0.493 e. The summed E-state index contributed by atoms with van der Waals surface area (Å²) >= 11 is 7.46. The van der Waals surface area contributed by atoms with E-state index in [9.17, 15) is 9.18 Å². The van der Waals surface area contributed by atoms with Crippen LogP contribution in [0.15, 0.2) is 52.4 Å². The molecular weight excluding hydrogens is 435 g/mol. The van der Waals surface area contributed by atoms with Crippen molar-refractivity contribution in [3.05, 3.63) is 63.8 Å². The van der Waals surface area contributed by atoms with Crippen LogP contribution in [0.1, 0.15) is 44.6 Å². The zero-order chi connectivity index (χ0) is 21.8. The van der Waals surface area contributed by atoms with E-state index in [0.717, 1.165) is 31.2 Å². The normalized spacial score (nSPS) is 20.1. The number of aliphatic imine (C=N–C) groups is 1. The Balaban J connectivity index is 1.74. The van der Waals surface area contributed by atoms with E-state index in [1.807, 2.05) is 6.92 Å². The molecule has 0 radical (unpaired) electrons. The molecule has 0 unspecified atom stereocenters. The van der Waals surface area contributed by atoms with Crippen LogP contribution in [0.4, 0.5) is 10.1 Å². The predicted molar refractivity (Wildman–Crippen MR) is 125 cm³/mol. The van der Waals surface area contributed by atoms with Gasteiger partial charge in [-0.15, -0.1) is 0 Å². The number of hydrogen-bond acceptors (Lipinski definition) is 4. The van der Waals surface area contributed by atoms with Gasteiger partial charge in [-0.3, -0.25) is 9.69 Å². The summed E-state index contributed by atoms with van der Waals surface area (Å²) in [7, 11) is 0. The molecule has 2 aromatic rings. The van der Waals surface area contributed by atoms with Crippen LogP contribution in [0.25, 0.3) is 6.08 Å². The van der Waals surface area contributed by atoms with Crippen LogP contribution >= 0.6 is 23.4 Å². The first kappa shape index (κ1) is 21.9. The fraction of sp³-hybridized carbons (Fsp3) is 0.333. The van der Waals surface area contributed by atoms with Gasteiger partial charge in [0.15, 0.2) is 5.17 Å². The maximum Gasteiger partial charge on any atom is 0.267 e. The third-order valence-electron chi connectivity index (χ3n) is 5.40. The molecule has 1 aliphatic carbocycles. The van der Waals surface area contributed by atoms with Gasteiger partial charge in [-0.05, 0) is 67.9 Å². The molecule has 0 aromatic heterocycles. The molecule has 0 N–H and O–H groups in total. The topological polar surface area (TPSA) is 41.9 Å². The van der Waals surface area contributed by atoms with Crippen LogP contribution in [0, 0.1) is 5.82 Å². The number of amidine groups is 1. The lowest BCUT2D eigenvalue weighted by Crippen LogP contribution is -2.40. The molecule has 2 aromatic carbocycles. The number of nitrogens with zero attached hydrogens (tertiary/aromatic N) is 2. The van der Waals surface area contributed by atoms with Crippen molar-refractivity contribution in [2.24, 2.45) is 4.99 Å². The Morgan fingerprint density at radius 2 is 2.00 bits per heavy atom. The minimum atomic E-state index is -0.405. The van der Waals surface area contributed by atoms with E-state index in [1.54, 1.807) is 47.4 Å². The number of ether oxygens (including phenoxy) is 1. The maximum absolute atomic E-state index is 14.3. The number of hydrogen-bond donors (Lipinski definition) is 0. The van der Waals surface area contributed by atoms with Crippen LogP contribution in [0.3, 0.4) is 0 Å². The second-order valence-electron chi connectivity index (χ2n) is 7.54. The average Bonchev–Trinajstić information content (AvgIpc) is 3.07. The number of amides is 1. The van der Waals surface area contributed by atoms with Gasteiger partial charge >= 0.3 is 0 Å². The summed E-state index contributed by atoms with van der Waals surface area (Å²) in [5.74, 6) is 0.156. The Bertz CT molecular complexity index is 1030. The smallest absolute Gasteiger partial charge is 0.267 e. The number of carbonyl (C=O) groups excluding carboxylic acids is 1. The van der Waals surface area contributed by atoms with Crippen molar-refractivity contribution in [3.63, 3.8) is 0 Å². The molecule has 1 aliphatic heterocycles. The van der Waals surface area contributed by atoms with Crippen molar-refractivity contribution >= 4 is 46.2 Å². The third-order valence-corrected chi connectivity index (χ3v) is 6.62. The molecule has 2 aliphatic rings. The van der Waals surface area contributed by atoms with E-state index in [0.29, 0.717) is 27.5 Å². The van der Waals surface area contributed by atoms with Crippen LogP contribution in [0.5, 0.6) is 5.75 Å². The predicted octanol–water partition coefficient (Wildman–Crippen LogP) is 6.81. The van der Waals surface area contributed by atoms with Gasteiger partial charge in [0.1, 0.15) is 17.3 Å². The number of halogens is 2. The summed E-state index contributed by atoms with van der Waals surface area (Å²) in [5, 5.41) is 1.09. The molecule has 0 spiro atoms. The van der Waals surface area contributed by atoms with Gasteiger partial charge in [0.05, 0.1) is 11.5 Å². The van der Waals surface area contributed by atoms with Gasteiger partial charge in [-0.2, -0.15) is 0 Å². The molecule has 0 atom stereocenters. The van der Waals surface area contributed by atoms with Gasteiger partial charge in [0, 0.05) is 16.6 Å². The van der Waals surface area contributed by atoms with Crippen LogP contribution < -0.4 is 4.74 Å². The van der Waals surface area contributed by atoms with Gasteiger partial charge in [0.25, 0.3) is 5.91 Å². The lowest BCUT2D eigenvalue weighted by molar-refractivity contribution is -0.124. The van der Waals surface area contributed by atoms with Crippen molar-refractivity contribution < 1.29 is 13.9 Å². The first-order chi connectivity index (χ1) is 15.1. The highest BCUT2D eigenvalue weighted by atomic mass is 35.5. The zero-order valence-electron chi connectivity index (χ0n) is 17.3. The SMILES string of the molecule is CCOc1ccc(Cl)cc1/C=C1\SC(=Nc2ccccc2F)N(C2CCCCC2)C1=O. The molecule has 162 valence electrons. The molecule has 4 nitrogen and oxygen atoms in total. The van der Waals surface area contributed by atoms with Gasteiger partial charge in [-0.1, -0.05) is 43.0 Å². The van der Waals surface area contributed by atoms with Crippen molar-refractivity contribution in [1.29, 1.82) is 0 Å². The summed E-state index contributed by atoms with van der Waals surface area (Å²) in [6.07, 6.45) is 6.98. The fourth-order valence-corrected chi connectivity index (χ4v) is 5.15. The van der Waals surface area contributed by atoms with E-state index in [-0.39, 0.29) is 17.6 Å². The highest BCUT2D eigenvalue weighted by Gasteiger charge is 2.39. The van der Waals surface area contributed by atoms with Crippen LogP contribution in [-0.2, 0) is 4.79 Å². The molecule has 1 saturated heterocycles. The summed E-state index contributed by atoms with van der Waals surface area (Å²) in [6.45, 7) is 2.41. The Kier molecular flexibility index (Phi) is 6.98. The maximum atomic E-state index is 14.3.